The molecule has 0 bridgehead atoms. The zero-order valence-electron chi connectivity index (χ0n) is 13.0. The summed E-state index contributed by atoms with van der Waals surface area (Å²) in [5, 5.41) is 0. The molecule has 0 radical (unpaired) electrons. The van der Waals surface area contributed by atoms with Gasteiger partial charge in [0.1, 0.15) is 0 Å². The fourth-order valence-corrected chi connectivity index (χ4v) is 3.98. The van der Waals surface area contributed by atoms with E-state index < -0.39 is 0 Å². The van der Waals surface area contributed by atoms with E-state index in [9.17, 15) is 4.79 Å². The summed E-state index contributed by atoms with van der Waals surface area (Å²) in [6, 6.07) is 10.6. The van der Waals surface area contributed by atoms with E-state index in [0.29, 0.717) is 12.1 Å². The van der Waals surface area contributed by atoms with Crippen LogP contribution in [0.3, 0.4) is 0 Å². The Morgan fingerprint density at radius 2 is 1.71 bits per heavy atom. The quantitative estimate of drug-likeness (QED) is 0.852. The van der Waals surface area contributed by atoms with Crippen molar-refractivity contribution in [2.24, 2.45) is 0 Å². The van der Waals surface area contributed by atoms with Crippen LogP contribution in [-0.4, -0.2) is 47.9 Å². The van der Waals surface area contributed by atoms with Crippen molar-refractivity contribution in [2.45, 2.75) is 50.6 Å². The van der Waals surface area contributed by atoms with Crippen molar-refractivity contribution in [3.63, 3.8) is 0 Å². The van der Waals surface area contributed by atoms with Crippen LogP contribution in [0.1, 0.15) is 48.9 Å². The average Bonchev–Trinajstić information content (AvgIpc) is 3.08. The van der Waals surface area contributed by atoms with Gasteiger partial charge in [-0.3, -0.25) is 9.69 Å². The Kier molecular flexibility index (Phi) is 4.59. The van der Waals surface area contributed by atoms with Crippen LogP contribution in [0.4, 0.5) is 0 Å². The lowest BCUT2D eigenvalue weighted by Gasteiger charge is -2.42. The molecule has 3 rings (SSSR count). The number of amides is 1. The molecule has 3 heteroatoms. The van der Waals surface area contributed by atoms with E-state index in [0.717, 1.165) is 12.0 Å². The van der Waals surface area contributed by atoms with E-state index in [1.165, 1.54) is 45.2 Å². The summed E-state index contributed by atoms with van der Waals surface area (Å²) in [5.74, 6) is 0.173. The van der Waals surface area contributed by atoms with Crippen LogP contribution in [0.2, 0.25) is 0 Å². The molecule has 1 aromatic rings. The number of nitrogens with zero attached hydrogens (tertiary/aromatic N) is 2. The molecule has 1 amide bonds. The van der Waals surface area contributed by atoms with E-state index in [-0.39, 0.29) is 5.91 Å². The minimum absolute atomic E-state index is 0.173. The molecule has 21 heavy (non-hydrogen) atoms. The normalized spacial score (nSPS) is 26.7. The molecule has 1 saturated carbocycles. The van der Waals surface area contributed by atoms with Crippen molar-refractivity contribution in [3.8, 4) is 0 Å². The van der Waals surface area contributed by atoms with Gasteiger partial charge < -0.3 is 4.90 Å². The van der Waals surface area contributed by atoms with Crippen molar-refractivity contribution < 1.29 is 4.79 Å². The first-order chi connectivity index (χ1) is 10.3. The zero-order chi connectivity index (χ0) is 14.7. The maximum absolute atomic E-state index is 12.7. The molecule has 2 aliphatic rings. The van der Waals surface area contributed by atoms with Gasteiger partial charge in [0, 0.05) is 24.7 Å². The summed E-state index contributed by atoms with van der Waals surface area (Å²) in [6.07, 6.45) is 7.60. The number of carbonyl (C=O) groups excluding carboxylic acids is 1. The van der Waals surface area contributed by atoms with Gasteiger partial charge in [0.15, 0.2) is 0 Å². The Hall–Kier alpha value is -1.35. The van der Waals surface area contributed by atoms with E-state index in [1.54, 1.807) is 0 Å². The molecule has 1 aliphatic carbocycles. The monoisotopic (exact) mass is 286 g/mol. The van der Waals surface area contributed by atoms with Crippen LogP contribution in [0.5, 0.6) is 0 Å². The van der Waals surface area contributed by atoms with E-state index >= 15 is 0 Å². The van der Waals surface area contributed by atoms with Crippen LogP contribution < -0.4 is 0 Å². The predicted molar refractivity (Wildman–Crippen MR) is 85.4 cm³/mol. The topological polar surface area (TPSA) is 23.6 Å². The van der Waals surface area contributed by atoms with Crippen molar-refractivity contribution >= 4 is 5.91 Å². The maximum Gasteiger partial charge on any atom is 0.253 e. The highest BCUT2D eigenvalue weighted by Crippen LogP contribution is 2.29. The van der Waals surface area contributed by atoms with Gasteiger partial charge in [0.2, 0.25) is 0 Å². The number of rotatable bonds is 3. The van der Waals surface area contributed by atoms with Crippen molar-refractivity contribution in [2.75, 3.05) is 20.1 Å². The molecule has 1 aliphatic heterocycles. The second-order valence-electron chi connectivity index (χ2n) is 6.44. The Balaban J connectivity index is 1.74. The van der Waals surface area contributed by atoms with Crippen LogP contribution in [0, 0.1) is 0 Å². The first kappa shape index (κ1) is 14.6. The SMILES string of the molecule is CN(C(=O)c1ccccc1)C1CCCC[C@@H]1N1CCCC1. The van der Waals surface area contributed by atoms with Crippen molar-refractivity contribution in [3.05, 3.63) is 35.9 Å². The van der Waals surface area contributed by atoms with Gasteiger partial charge in [-0.25, -0.2) is 0 Å². The minimum Gasteiger partial charge on any atom is -0.337 e. The molecule has 0 N–H and O–H groups in total. The number of hydrogen-bond acceptors (Lipinski definition) is 2. The fourth-order valence-electron chi connectivity index (χ4n) is 3.98. The van der Waals surface area contributed by atoms with Gasteiger partial charge in [-0.15, -0.1) is 0 Å². The smallest absolute Gasteiger partial charge is 0.253 e. The Labute approximate surface area is 127 Å². The summed E-state index contributed by atoms with van der Waals surface area (Å²) in [7, 11) is 1.99. The number of carbonyl (C=O) groups is 1. The number of likely N-dealkylation sites (tertiary alicyclic amines) is 1. The molecule has 1 unspecified atom stereocenters. The van der Waals surface area contributed by atoms with Crippen LogP contribution in [-0.2, 0) is 0 Å². The first-order valence-corrected chi connectivity index (χ1v) is 8.33. The highest BCUT2D eigenvalue weighted by Gasteiger charge is 2.35. The van der Waals surface area contributed by atoms with Gasteiger partial charge in [0.25, 0.3) is 5.91 Å². The van der Waals surface area contributed by atoms with Gasteiger partial charge in [0.05, 0.1) is 0 Å². The molecular formula is C18H26N2O. The maximum atomic E-state index is 12.7. The summed E-state index contributed by atoms with van der Waals surface area (Å²) >= 11 is 0. The van der Waals surface area contributed by atoms with Gasteiger partial charge >= 0.3 is 0 Å². The van der Waals surface area contributed by atoms with Crippen molar-refractivity contribution in [1.82, 2.24) is 9.80 Å². The van der Waals surface area contributed by atoms with E-state index in [4.69, 9.17) is 0 Å². The molecule has 0 spiro atoms. The lowest BCUT2D eigenvalue weighted by atomic mass is 9.88. The third-order valence-corrected chi connectivity index (χ3v) is 5.14. The van der Waals surface area contributed by atoms with Crippen LogP contribution in [0.15, 0.2) is 30.3 Å². The summed E-state index contributed by atoms with van der Waals surface area (Å²) in [6.45, 7) is 2.43. The van der Waals surface area contributed by atoms with Gasteiger partial charge in [-0.05, 0) is 50.9 Å². The predicted octanol–water partition coefficient (Wildman–Crippen LogP) is 3.17. The summed E-state index contributed by atoms with van der Waals surface area (Å²) in [4.78, 5) is 17.3. The lowest BCUT2D eigenvalue weighted by molar-refractivity contribution is 0.0496. The molecule has 3 nitrogen and oxygen atoms in total. The lowest BCUT2D eigenvalue weighted by Crippen LogP contribution is -2.53. The van der Waals surface area contributed by atoms with Crippen LogP contribution in [0.25, 0.3) is 0 Å². The number of likely N-dealkylation sites (N-methyl/N-ethyl adjacent to an activating group) is 1. The minimum atomic E-state index is 0.173. The number of benzene rings is 1. The molecule has 2 fully saturated rings. The fraction of sp³-hybridized carbons (Fsp3) is 0.611. The van der Waals surface area contributed by atoms with E-state index in [1.807, 2.05) is 42.3 Å². The molecule has 2 atom stereocenters. The van der Waals surface area contributed by atoms with Crippen molar-refractivity contribution in [1.29, 1.82) is 0 Å². The largest absolute Gasteiger partial charge is 0.337 e. The number of hydrogen-bond donors (Lipinski definition) is 0. The first-order valence-electron chi connectivity index (χ1n) is 8.33. The molecule has 1 heterocycles. The Morgan fingerprint density at radius 3 is 2.43 bits per heavy atom. The third kappa shape index (κ3) is 3.13. The van der Waals surface area contributed by atoms with E-state index in [2.05, 4.69) is 4.90 Å². The second-order valence-corrected chi connectivity index (χ2v) is 6.44. The highest BCUT2D eigenvalue weighted by atomic mass is 16.2. The Morgan fingerprint density at radius 1 is 1.05 bits per heavy atom. The summed E-state index contributed by atoms with van der Waals surface area (Å²) in [5.41, 5.74) is 0.811. The third-order valence-electron chi connectivity index (χ3n) is 5.14. The van der Waals surface area contributed by atoms with Gasteiger partial charge in [-0.1, -0.05) is 31.0 Å². The second kappa shape index (κ2) is 6.61. The van der Waals surface area contributed by atoms with Gasteiger partial charge in [-0.2, -0.15) is 0 Å². The van der Waals surface area contributed by atoms with Crippen LogP contribution >= 0.6 is 0 Å². The standard InChI is InChI=1S/C18H26N2O/c1-19(18(21)15-9-3-2-4-10-15)16-11-5-6-12-17(16)20-13-7-8-14-20/h2-4,9-10,16-17H,5-8,11-14H2,1H3/t16?,17-/m0/s1. The molecule has 1 saturated heterocycles. The molecule has 1 aromatic carbocycles. The Bertz CT molecular complexity index is 467. The molecule has 114 valence electrons. The highest BCUT2D eigenvalue weighted by molar-refractivity contribution is 5.94. The summed E-state index contributed by atoms with van der Waals surface area (Å²) < 4.78 is 0. The average molecular weight is 286 g/mol. The molecule has 0 aromatic heterocycles. The molecular weight excluding hydrogens is 260 g/mol. The zero-order valence-corrected chi connectivity index (χ0v) is 13.0.